The molecule has 0 fully saturated rings. The highest BCUT2D eigenvalue weighted by Gasteiger charge is 2.26. The van der Waals surface area contributed by atoms with Crippen LogP contribution < -0.4 is 0 Å². The first-order chi connectivity index (χ1) is 10.2. The predicted octanol–water partition coefficient (Wildman–Crippen LogP) is 5.22. The maximum atomic E-state index is 12.5. The fourth-order valence-electron chi connectivity index (χ4n) is 2.85. The number of halogens is 1. The van der Waals surface area contributed by atoms with Crippen molar-refractivity contribution in [3.05, 3.63) is 82.9 Å². The minimum absolute atomic E-state index is 0.108. The first-order valence-corrected chi connectivity index (χ1v) is 7.16. The molecule has 1 aliphatic rings. The van der Waals surface area contributed by atoms with Crippen LogP contribution in [-0.2, 0) is 0 Å². The summed E-state index contributed by atoms with van der Waals surface area (Å²) in [6.07, 6.45) is 0. The van der Waals surface area contributed by atoms with E-state index in [-0.39, 0.29) is 5.78 Å². The summed E-state index contributed by atoms with van der Waals surface area (Å²) >= 11 is 5.92. The van der Waals surface area contributed by atoms with Gasteiger partial charge in [0.15, 0.2) is 5.78 Å². The molecule has 0 N–H and O–H groups in total. The van der Waals surface area contributed by atoms with Gasteiger partial charge in [0.2, 0.25) is 0 Å². The summed E-state index contributed by atoms with van der Waals surface area (Å²) in [6, 6.07) is 21.5. The molecule has 1 aliphatic carbocycles. The number of rotatable bonds is 1. The van der Waals surface area contributed by atoms with Gasteiger partial charge >= 0.3 is 0 Å². The minimum Gasteiger partial charge on any atom is -0.289 e. The van der Waals surface area contributed by atoms with Gasteiger partial charge in [0.1, 0.15) is 0 Å². The number of carbonyl (C=O) groups is 1. The molecule has 0 radical (unpaired) electrons. The second-order valence-corrected chi connectivity index (χ2v) is 5.58. The highest BCUT2D eigenvalue weighted by atomic mass is 35.5. The summed E-state index contributed by atoms with van der Waals surface area (Å²) < 4.78 is 0. The van der Waals surface area contributed by atoms with Crippen molar-refractivity contribution in [2.45, 2.75) is 0 Å². The van der Waals surface area contributed by atoms with Gasteiger partial charge in [-0.05, 0) is 40.5 Å². The van der Waals surface area contributed by atoms with Crippen molar-refractivity contribution in [2.75, 3.05) is 0 Å². The van der Waals surface area contributed by atoms with E-state index in [0.29, 0.717) is 5.02 Å². The number of hydrogen-bond donors (Lipinski definition) is 0. The van der Waals surface area contributed by atoms with Gasteiger partial charge in [-0.3, -0.25) is 4.79 Å². The molecule has 0 saturated heterocycles. The van der Waals surface area contributed by atoms with Crippen molar-refractivity contribution in [3.8, 4) is 22.3 Å². The lowest BCUT2D eigenvalue weighted by atomic mass is 9.99. The van der Waals surface area contributed by atoms with Crippen LogP contribution in [0.5, 0.6) is 0 Å². The predicted molar refractivity (Wildman–Crippen MR) is 85.8 cm³/mol. The highest BCUT2D eigenvalue weighted by molar-refractivity contribution is 6.30. The average Bonchev–Trinajstić information content (AvgIpc) is 2.81. The lowest BCUT2D eigenvalue weighted by Crippen LogP contribution is -1.95. The van der Waals surface area contributed by atoms with Gasteiger partial charge < -0.3 is 0 Å². The van der Waals surface area contributed by atoms with Crippen LogP contribution >= 0.6 is 11.6 Å². The number of fused-ring (bicyclic) bond motifs is 3. The van der Waals surface area contributed by atoms with E-state index in [1.165, 1.54) is 0 Å². The van der Waals surface area contributed by atoms with E-state index < -0.39 is 0 Å². The van der Waals surface area contributed by atoms with E-state index in [9.17, 15) is 4.79 Å². The van der Waals surface area contributed by atoms with Gasteiger partial charge in [-0.25, -0.2) is 0 Å². The molecular formula is C19H11ClO. The summed E-state index contributed by atoms with van der Waals surface area (Å²) in [5, 5.41) is 0.711. The number of benzene rings is 3. The molecule has 0 spiro atoms. The molecule has 0 saturated carbocycles. The van der Waals surface area contributed by atoms with Gasteiger partial charge in [0.25, 0.3) is 0 Å². The number of ketones is 1. The Morgan fingerprint density at radius 2 is 1.24 bits per heavy atom. The molecule has 0 aromatic heterocycles. The van der Waals surface area contributed by atoms with Gasteiger partial charge in [-0.1, -0.05) is 60.1 Å². The molecule has 21 heavy (non-hydrogen) atoms. The molecule has 0 amide bonds. The monoisotopic (exact) mass is 290 g/mol. The van der Waals surface area contributed by atoms with Crippen molar-refractivity contribution in [3.63, 3.8) is 0 Å². The van der Waals surface area contributed by atoms with Gasteiger partial charge in [-0.15, -0.1) is 0 Å². The topological polar surface area (TPSA) is 17.1 Å². The Hall–Kier alpha value is -2.38. The smallest absolute Gasteiger partial charge is 0.194 e. The van der Waals surface area contributed by atoms with Crippen molar-refractivity contribution < 1.29 is 4.79 Å². The van der Waals surface area contributed by atoms with Crippen LogP contribution in [0.2, 0.25) is 5.02 Å². The molecule has 0 unspecified atom stereocenters. The lowest BCUT2D eigenvalue weighted by Gasteiger charge is -2.05. The highest BCUT2D eigenvalue weighted by Crippen LogP contribution is 2.38. The summed E-state index contributed by atoms with van der Waals surface area (Å²) in [4.78, 5) is 12.5. The molecule has 100 valence electrons. The lowest BCUT2D eigenvalue weighted by molar-refractivity contribution is 0.104. The van der Waals surface area contributed by atoms with Crippen LogP contribution in [0.4, 0.5) is 0 Å². The first kappa shape index (κ1) is 12.4. The second-order valence-electron chi connectivity index (χ2n) is 5.14. The van der Waals surface area contributed by atoms with Crippen LogP contribution in [0, 0.1) is 0 Å². The van der Waals surface area contributed by atoms with Gasteiger partial charge in [-0.2, -0.15) is 0 Å². The fourth-order valence-corrected chi connectivity index (χ4v) is 2.98. The fraction of sp³-hybridized carbons (Fsp3) is 0. The quantitative estimate of drug-likeness (QED) is 0.470. The number of hydrogen-bond acceptors (Lipinski definition) is 1. The van der Waals surface area contributed by atoms with E-state index in [4.69, 9.17) is 11.6 Å². The zero-order valence-corrected chi connectivity index (χ0v) is 11.9. The Balaban J connectivity index is 1.87. The van der Waals surface area contributed by atoms with E-state index in [1.807, 2.05) is 60.7 Å². The van der Waals surface area contributed by atoms with Crippen LogP contribution in [0.15, 0.2) is 66.7 Å². The third-order valence-electron chi connectivity index (χ3n) is 3.90. The van der Waals surface area contributed by atoms with E-state index in [1.54, 1.807) is 0 Å². The Kier molecular flexibility index (Phi) is 2.69. The third-order valence-corrected chi connectivity index (χ3v) is 4.16. The summed E-state index contributed by atoms with van der Waals surface area (Å²) in [5.74, 6) is 0.108. The molecule has 4 rings (SSSR count). The van der Waals surface area contributed by atoms with Crippen molar-refractivity contribution in [1.29, 1.82) is 0 Å². The molecule has 1 nitrogen and oxygen atoms in total. The van der Waals surface area contributed by atoms with Crippen molar-refractivity contribution in [1.82, 2.24) is 0 Å². The maximum absolute atomic E-state index is 12.5. The summed E-state index contributed by atoms with van der Waals surface area (Å²) in [7, 11) is 0. The normalized spacial score (nSPS) is 12.1. The molecule has 2 heteroatoms. The van der Waals surface area contributed by atoms with E-state index in [0.717, 1.165) is 33.4 Å². The SMILES string of the molecule is O=C1c2ccccc2-c2ccc(-c3ccc(Cl)cc3)cc21. The average molecular weight is 291 g/mol. The molecule has 0 aliphatic heterocycles. The van der Waals surface area contributed by atoms with Crippen LogP contribution in [0.25, 0.3) is 22.3 Å². The molecule has 0 bridgehead atoms. The Labute approximate surface area is 127 Å². The maximum Gasteiger partial charge on any atom is 0.194 e. The van der Waals surface area contributed by atoms with Crippen LogP contribution in [-0.4, -0.2) is 5.78 Å². The number of carbonyl (C=O) groups excluding carboxylic acids is 1. The second kappa shape index (κ2) is 4.57. The van der Waals surface area contributed by atoms with Crippen LogP contribution in [0.1, 0.15) is 15.9 Å². The van der Waals surface area contributed by atoms with Gasteiger partial charge in [0, 0.05) is 16.1 Å². The van der Waals surface area contributed by atoms with Crippen molar-refractivity contribution >= 4 is 17.4 Å². The third kappa shape index (κ3) is 1.90. The zero-order valence-electron chi connectivity index (χ0n) is 11.1. The molecular weight excluding hydrogens is 280 g/mol. The Morgan fingerprint density at radius 3 is 2.00 bits per heavy atom. The van der Waals surface area contributed by atoms with Gasteiger partial charge in [0.05, 0.1) is 0 Å². The largest absolute Gasteiger partial charge is 0.289 e. The summed E-state index contributed by atoms with van der Waals surface area (Å²) in [5.41, 5.74) is 5.72. The standard InChI is InChI=1S/C19H11ClO/c20-14-8-5-12(6-9-14)13-7-10-16-15-3-1-2-4-17(15)19(21)18(16)11-13/h1-11H. The van der Waals surface area contributed by atoms with Crippen molar-refractivity contribution in [2.24, 2.45) is 0 Å². The summed E-state index contributed by atoms with van der Waals surface area (Å²) in [6.45, 7) is 0. The Morgan fingerprint density at radius 1 is 0.619 bits per heavy atom. The van der Waals surface area contributed by atoms with E-state index in [2.05, 4.69) is 6.07 Å². The van der Waals surface area contributed by atoms with Crippen LogP contribution in [0.3, 0.4) is 0 Å². The molecule has 0 atom stereocenters. The molecule has 3 aromatic rings. The van der Waals surface area contributed by atoms with E-state index >= 15 is 0 Å². The minimum atomic E-state index is 0.108. The first-order valence-electron chi connectivity index (χ1n) is 6.78. The molecule has 0 heterocycles. The molecule has 3 aromatic carbocycles. The zero-order chi connectivity index (χ0) is 14.4. The Bertz CT molecular complexity index is 863.